The molecule has 1 aromatic carbocycles. The fraction of sp³-hybridized carbons (Fsp3) is 0.267. The zero-order valence-electron chi connectivity index (χ0n) is 10.0. The van der Waals surface area contributed by atoms with Gasteiger partial charge in [-0.15, -0.1) is 0 Å². The molecule has 0 fully saturated rings. The summed E-state index contributed by atoms with van der Waals surface area (Å²) in [5.41, 5.74) is 1.88. The average molecular weight is 242 g/mol. The van der Waals surface area contributed by atoms with E-state index in [0.29, 0.717) is 6.42 Å². The first kappa shape index (κ1) is 11.1. The largest absolute Gasteiger partial charge is 0.454 e. The van der Waals surface area contributed by atoms with Crippen LogP contribution < -0.4 is 9.47 Å². The van der Waals surface area contributed by atoms with Crippen molar-refractivity contribution >= 4 is 5.78 Å². The number of carbonyl (C=O) groups is 1. The predicted octanol–water partition coefficient (Wildman–Crippen LogP) is 2.80. The highest BCUT2D eigenvalue weighted by Crippen LogP contribution is 2.32. The molecule has 1 aromatic rings. The lowest BCUT2D eigenvalue weighted by Gasteiger charge is -2.07. The summed E-state index contributed by atoms with van der Waals surface area (Å²) in [5, 5.41) is 0. The number of ketones is 1. The van der Waals surface area contributed by atoms with E-state index >= 15 is 0 Å². The molecular weight excluding hydrogens is 228 g/mol. The fourth-order valence-electron chi connectivity index (χ4n) is 2.18. The molecule has 1 aliphatic carbocycles. The normalized spacial score (nSPS) is 16.6. The van der Waals surface area contributed by atoms with Crippen molar-refractivity contribution in [3.8, 4) is 11.5 Å². The maximum Gasteiger partial charge on any atom is 0.231 e. The van der Waals surface area contributed by atoms with Crippen LogP contribution in [0.25, 0.3) is 0 Å². The number of carbonyl (C=O) groups excluding carboxylic acids is 1. The number of ether oxygens (including phenoxy) is 2. The summed E-state index contributed by atoms with van der Waals surface area (Å²) in [4.78, 5) is 12.1. The molecule has 0 saturated heterocycles. The van der Waals surface area contributed by atoms with Gasteiger partial charge in [0.1, 0.15) is 0 Å². The highest BCUT2D eigenvalue weighted by Gasteiger charge is 2.16. The Morgan fingerprint density at radius 2 is 2.06 bits per heavy atom. The monoisotopic (exact) mass is 242 g/mol. The molecule has 3 heteroatoms. The maximum atomic E-state index is 12.1. The molecule has 18 heavy (non-hydrogen) atoms. The quantitative estimate of drug-likeness (QED) is 0.764. The molecular formula is C15H14O3. The molecule has 3 rings (SSSR count). The Morgan fingerprint density at radius 1 is 1.17 bits per heavy atom. The molecule has 0 amide bonds. The molecule has 2 aliphatic rings. The van der Waals surface area contributed by atoms with Crippen LogP contribution in [0.2, 0.25) is 0 Å². The van der Waals surface area contributed by atoms with Crippen molar-refractivity contribution in [3.63, 3.8) is 0 Å². The zero-order chi connectivity index (χ0) is 12.4. The van der Waals surface area contributed by atoms with Gasteiger partial charge in [0.25, 0.3) is 0 Å². The van der Waals surface area contributed by atoms with E-state index in [0.717, 1.165) is 35.5 Å². The minimum Gasteiger partial charge on any atom is -0.454 e. The summed E-state index contributed by atoms with van der Waals surface area (Å²) >= 11 is 0. The van der Waals surface area contributed by atoms with Crippen LogP contribution in [-0.2, 0) is 11.2 Å². The minimum absolute atomic E-state index is 0.193. The molecule has 0 aromatic heterocycles. The van der Waals surface area contributed by atoms with E-state index in [1.165, 1.54) is 0 Å². The standard InChI is InChI=1S/C15H14O3/c16-13(12-4-2-1-3-5-12)8-11-6-7-14-15(9-11)18-10-17-14/h1-2,5-7,9H,3-4,8,10H2. The van der Waals surface area contributed by atoms with Crippen molar-refractivity contribution in [3.05, 3.63) is 47.6 Å². The number of hydrogen-bond donors (Lipinski definition) is 0. The summed E-state index contributed by atoms with van der Waals surface area (Å²) in [6.07, 6.45) is 8.18. The van der Waals surface area contributed by atoms with Gasteiger partial charge in [-0.1, -0.05) is 24.3 Å². The number of fused-ring (bicyclic) bond motifs is 1. The first-order valence-corrected chi connectivity index (χ1v) is 6.09. The molecule has 1 heterocycles. The van der Waals surface area contributed by atoms with E-state index in [1.54, 1.807) is 0 Å². The Morgan fingerprint density at radius 3 is 2.89 bits per heavy atom. The van der Waals surface area contributed by atoms with Crippen LogP contribution >= 0.6 is 0 Å². The molecule has 0 bridgehead atoms. The molecule has 92 valence electrons. The second-order valence-electron chi connectivity index (χ2n) is 4.43. The summed E-state index contributed by atoms with van der Waals surface area (Å²) in [6, 6.07) is 5.67. The van der Waals surface area contributed by atoms with Crippen molar-refractivity contribution in [2.45, 2.75) is 19.3 Å². The second-order valence-corrected chi connectivity index (χ2v) is 4.43. The summed E-state index contributed by atoms with van der Waals surface area (Å²) in [5.74, 6) is 1.68. The smallest absolute Gasteiger partial charge is 0.231 e. The van der Waals surface area contributed by atoms with Gasteiger partial charge in [0.2, 0.25) is 6.79 Å². The van der Waals surface area contributed by atoms with Gasteiger partial charge in [0, 0.05) is 6.42 Å². The molecule has 0 atom stereocenters. The van der Waals surface area contributed by atoms with Gasteiger partial charge in [-0.05, 0) is 36.1 Å². The number of benzene rings is 1. The number of Topliss-reactive ketones (excluding diaryl/α,β-unsaturated/α-hetero) is 1. The molecule has 3 nitrogen and oxygen atoms in total. The number of rotatable bonds is 3. The molecule has 0 N–H and O–H groups in total. The van der Waals surface area contributed by atoms with Crippen LogP contribution in [0.4, 0.5) is 0 Å². The second kappa shape index (κ2) is 4.69. The Bertz CT molecular complexity index is 541. The van der Waals surface area contributed by atoms with Gasteiger partial charge in [-0.2, -0.15) is 0 Å². The number of allylic oxidation sites excluding steroid dienone is 4. The lowest BCUT2D eigenvalue weighted by Crippen LogP contribution is -2.07. The summed E-state index contributed by atoms with van der Waals surface area (Å²) in [7, 11) is 0. The van der Waals surface area contributed by atoms with Crippen molar-refractivity contribution in [1.29, 1.82) is 0 Å². The van der Waals surface area contributed by atoms with Crippen molar-refractivity contribution < 1.29 is 14.3 Å². The Hall–Kier alpha value is -2.03. The van der Waals surface area contributed by atoms with Crippen LogP contribution in [-0.4, -0.2) is 12.6 Å². The third kappa shape index (κ3) is 2.16. The topological polar surface area (TPSA) is 35.5 Å². The van der Waals surface area contributed by atoms with Gasteiger partial charge in [0.15, 0.2) is 17.3 Å². The van der Waals surface area contributed by atoms with Gasteiger partial charge in [0.05, 0.1) is 0 Å². The Balaban J connectivity index is 1.73. The Kier molecular flexibility index (Phi) is 2.89. The van der Waals surface area contributed by atoms with E-state index < -0.39 is 0 Å². The molecule has 0 radical (unpaired) electrons. The predicted molar refractivity (Wildman–Crippen MR) is 67.7 cm³/mol. The highest BCUT2D eigenvalue weighted by molar-refractivity contribution is 5.97. The van der Waals surface area contributed by atoms with E-state index in [4.69, 9.17) is 9.47 Å². The maximum absolute atomic E-state index is 12.1. The molecule has 0 unspecified atom stereocenters. The minimum atomic E-state index is 0.193. The first-order valence-electron chi connectivity index (χ1n) is 6.09. The third-order valence-electron chi connectivity index (χ3n) is 3.16. The Labute approximate surface area is 106 Å². The van der Waals surface area contributed by atoms with Crippen molar-refractivity contribution in [2.75, 3.05) is 6.79 Å². The van der Waals surface area contributed by atoms with Gasteiger partial charge in [-0.3, -0.25) is 4.79 Å². The molecule has 0 spiro atoms. The van der Waals surface area contributed by atoms with E-state index in [1.807, 2.05) is 30.4 Å². The van der Waals surface area contributed by atoms with E-state index in [2.05, 4.69) is 6.08 Å². The van der Waals surface area contributed by atoms with E-state index in [9.17, 15) is 4.79 Å². The van der Waals surface area contributed by atoms with Crippen molar-refractivity contribution in [1.82, 2.24) is 0 Å². The van der Waals surface area contributed by atoms with Crippen LogP contribution in [0.15, 0.2) is 42.0 Å². The van der Waals surface area contributed by atoms with Crippen LogP contribution in [0, 0.1) is 0 Å². The summed E-state index contributed by atoms with van der Waals surface area (Å²) < 4.78 is 10.6. The average Bonchev–Trinajstić information content (AvgIpc) is 2.87. The van der Waals surface area contributed by atoms with E-state index in [-0.39, 0.29) is 12.6 Å². The van der Waals surface area contributed by atoms with Gasteiger partial charge >= 0.3 is 0 Å². The number of hydrogen-bond acceptors (Lipinski definition) is 3. The van der Waals surface area contributed by atoms with Crippen LogP contribution in [0.5, 0.6) is 11.5 Å². The van der Waals surface area contributed by atoms with Gasteiger partial charge in [-0.25, -0.2) is 0 Å². The SMILES string of the molecule is O=C(Cc1ccc2c(c1)OCO2)C1=CCC=CC1. The first-order chi connectivity index (χ1) is 8.83. The molecule has 1 aliphatic heterocycles. The van der Waals surface area contributed by atoms with Crippen LogP contribution in [0.1, 0.15) is 18.4 Å². The van der Waals surface area contributed by atoms with Crippen molar-refractivity contribution in [2.24, 2.45) is 0 Å². The lowest BCUT2D eigenvalue weighted by molar-refractivity contribution is -0.115. The fourth-order valence-corrected chi connectivity index (χ4v) is 2.18. The lowest BCUT2D eigenvalue weighted by atomic mass is 9.97. The zero-order valence-corrected chi connectivity index (χ0v) is 10.0. The summed E-state index contributed by atoms with van der Waals surface area (Å²) in [6.45, 7) is 0.267. The molecule has 0 saturated carbocycles. The third-order valence-corrected chi connectivity index (χ3v) is 3.16. The van der Waals surface area contributed by atoms with Gasteiger partial charge < -0.3 is 9.47 Å². The highest BCUT2D eigenvalue weighted by atomic mass is 16.7. The van der Waals surface area contributed by atoms with Crippen LogP contribution in [0.3, 0.4) is 0 Å².